The number of aliphatic hydroxyl groups is 1. The quantitative estimate of drug-likeness (QED) is 0.842. The van der Waals surface area contributed by atoms with E-state index in [2.05, 4.69) is 29.1 Å². The topological polar surface area (TPSA) is 58.0 Å². The second-order valence-corrected chi connectivity index (χ2v) is 4.76. The minimum Gasteiger partial charge on any atom is -0.395 e. The Labute approximate surface area is 107 Å². The van der Waals surface area contributed by atoms with Crippen molar-refractivity contribution in [2.75, 3.05) is 6.61 Å². The summed E-state index contributed by atoms with van der Waals surface area (Å²) in [6.07, 6.45) is 1.78. The van der Waals surface area contributed by atoms with Crippen molar-refractivity contribution in [3.8, 4) is 0 Å². The standard InChI is InChI=1S/C14H19N3O/c1-10(2)14(9-18)16-8-11-7-15-12-5-3-4-6-13(12)17-11/h3-7,10,14,16,18H,8-9H2,1-2H3/t14-/m1/s1. The molecule has 0 bridgehead atoms. The number of hydrogen-bond acceptors (Lipinski definition) is 4. The predicted molar refractivity (Wildman–Crippen MR) is 72.1 cm³/mol. The van der Waals surface area contributed by atoms with E-state index in [1.54, 1.807) is 6.20 Å². The van der Waals surface area contributed by atoms with Gasteiger partial charge < -0.3 is 10.4 Å². The summed E-state index contributed by atoms with van der Waals surface area (Å²) in [5.74, 6) is 0.392. The number of aliphatic hydroxyl groups excluding tert-OH is 1. The molecule has 0 aliphatic carbocycles. The molecule has 18 heavy (non-hydrogen) atoms. The number of benzene rings is 1. The van der Waals surface area contributed by atoms with Gasteiger partial charge in [0.05, 0.1) is 29.5 Å². The smallest absolute Gasteiger partial charge is 0.0890 e. The van der Waals surface area contributed by atoms with Crippen LogP contribution in [0.15, 0.2) is 30.5 Å². The van der Waals surface area contributed by atoms with Crippen molar-refractivity contribution in [2.24, 2.45) is 5.92 Å². The van der Waals surface area contributed by atoms with E-state index >= 15 is 0 Å². The summed E-state index contributed by atoms with van der Waals surface area (Å²) in [4.78, 5) is 8.90. The molecule has 2 rings (SSSR count). The van der Waals surface area contributed by atoms with Crippen LogP contribution in [0.25, 0.3) is 11.0 Å². The van der Waals surface area contributed by atoms with Gasteiger partial charge in [0.15, 0.2) is 0 Å². The van der Waals surface area contributed by atoms with Crippen molar-refractivity contribution in [1.82, 2.24) is 15.3 Å². The van der Waals surface area contributed by atoms with Gasteiger partial charge in [-0.25, -0.2) is 4.98 Å². The summed E-state index contributed by atoms with van der Waals surface area (Å²) in [5.41, 5.74) is 2.71. The molecule has 0 fully saturated rings. The SMILES string of the molecule is CC(C)[C@@H](CO)NCc1cnc2ccccc2n1. The number of nitrogens with one attached hydrogen (secondary N) is 1. The van der Waals surface area contributed by atoms with Gasteiger partial charge in [-0.1, -0.05) is 26.0 Å². The number of hydrogen-bond donors (Lipinski definition) is 2. The molecule has 1 atom stereocenters. The summed E-state index contributed by atoms with van der Waals surface area (Å²) >= 11 is 0. The van der Waals surface area contributed by atoms with Gasteiger partial charge in [0, 0.05) is 12.6 Å². The van der Waals surface area contributed by atoms with Crippen LogP contribution in [0.5, 0.6) is 0 Å². The molecule has 0 saturated carbocycles. The predicted octanol–water partition coefficient (Wildman–Crippen LogP) is 1.74. The summed E-state index contributed by atoms with van der Waals surface area (Å²) in [6.45, 7) is 4.93. The van der Waals surface area contributed by atoms with Crippen LogP contribution >= 0.6 is 0 Å². The summed E-state index contributed by atoms with van der Waals surface area (Å²) < 4.78 is 0. The van der Waals surface area contributed by atoms with Gasteiger partial charge in [0.1, 0.15) is 0 Å². The Hall–Kier alpha value is -1.52. The first-order chi connectivity index (χ1) is 8.70. The first kappa shape index (κ1) is 12.9. The zero-order chi connectivity index (χ0) is 13.0. The first-order valence-corrected chi connectivity index (χ1v) is 6.25. The zero-order valence-corrected chi connectivity index (χ0v) is 10.8. The van der Waals surface area contributed by atoms with E-state index in [-0.39, 0.29) is 12.6 Å². The number of aromatic nitrogens is 2. The Balaban J connectivity index is 2.07. The lowest BCUT2D eigenvalue weighted by Crippen LogP contribution is -2.36. The third kappa shape index (κ3) is 3.03. The minimum absolute atomic E-state index is 0.0956. The average Bonchev–Trinajstić information content (AvgIpc) is 2.39. The van der Waals surface area contributed by atoms with E-state index in [1.807, 2.05) is 24.3 Å². The van der Waals surface area contributed by atoms with E-state index in [9.17, 15) is 5.11 Å². The molecule has 2 N–H and O–H groups in total. The Morgan fingerprint density at radius 1 is 1.22 bits per heavy atom. The van der Waals surface area contributed by atoms with Gasteiger partial charge >= 0.3 is 0 Å². The van der Waals surface area contributed by atoms with Gasteiger partial charge in [-0.2, -0.15) is 0 Å². The largest absolute Gasteiger partial charge is 0.395 e. The van der Waals surface area contributed by atoms with Crippen LogP contribution in [0.4, 0.5) is 0 Å². The second kappa shape index (κ2) is 5.89. The normalized spacial score (nSPS) is 13.1. The van der Waals surface area contributed by atoms with E-state index in [4.69, 9.17) is 0 Å². The van der Waals surface area contributed by atoms with E-state index in [0.717, 1.165) is 16.7 Å². The molecule has 96 valence electrons. The van der Waals surface area contributed by atoms with Crippen LogP contribution in [0.1, 0.15) is 19.5 Å². The highest BCUT2D eigenvalue weighted by molar-refractivity contribution is 5.73. The van der Waals surface area contributed by atoms with Crippen molar-refractivity contribution in [2.45, 2.75) is 26.4 Å². The van der Waals surface area contributed by atoms with Crippen molar-refractivity contribution in [3.05, 3.63) is 36.2 Å². The van der Waals surface area contributed by atoms with Crippen molar-refractivity contribution < 1.29 is 5.11 Å². The minimum atomic E-state index is 0.0956. The maximum atomic E-state index is 9.25. The molecule has 1 heterocycles. The maximum Gasteiger partial charge on any atom is 0.0890 e. The van der Waals surface area contributed by atoms with E-state index < -0.39 is 0 Å². The van der Waals surface area contributed by atoms with Crippen molar-refractivity contribution in [3.63, 3.8) is 0 Å². The van der Waals surface area contributed by atoms with Crippen LogP contribution in [-0.4, -0.2) is 27.7 Å². The highest BCUT2D eigenvalue weighted by atomic mass is 16.3. The second-order valence-electron chi connectivity index (χ2n) is 4.76. The van der Waals surface area contributed by atoms with Crippen LogP contribution in [0.3, 0.4) is 0 Å². The molecule has 0 saturated heterocycles. The molecule has 0 spiro atoms. The molecule has 0 radical (unpaired) electrons. The molecular weight excluding hydrogens is 226 g/mol. The number of para-hydroxylation sites is 2. The molecular formula is C14H19N3O. The summed E-state index contributed by atoms with van der Waals surface area (Å²) in [5, 5.41) is 12.5. The monoisotopic (exact) mass is 245 g/mol. The maximum absolute atomic E-state index is 9.25. The van der Waals surface area contributed by atoms with Gasteiger partial charge in [-0.05, 0) is 18.1 Å². The van der Waals surface area contributed by atoms with Crippen molar-refractivity contribution in [1.29, 1.82) is 0 Å². The lowest BCUT2D eigenvalue weighted by atomic mass is 10.1. The van der Waals surface area contributed by atoms with Gasteiger partial charge in [-0.3, -0.25) is 4.98 Å². The fraction of sp³-hybridized carbons (Fsp3) is 0.429. The molecule has 2 aromatic rings. The van der Waals surface area contributed by atoms with Crippen LogP contribution < -0.4 is 5.32 Å². The molecule has 0 amide bonds. The molecule has 4 nitrogen and oxygen atoms in total. The fourth-order valence-electron chi connectivity index (χ4n) is 1.83. The molecule has 1 aromatic heterocycles. The Morgan fingerprint density at radius 2 is 1.94 bits per heavy atom. The number of fused-ring (bicyclic) bond motifs is 1. The van der Waals surface area contributed by atoms with Crippen molar-refractivity contribution >= 4 is 11.0 Å². The highest BCUT2D eigenvalue weighted by Gasteiger charge is 2.11. The highest BCUT2D eigenvalue weighted by Crippen LogP contribution is 2.09. The summed E-state index contributed by atoms with van der Waals surface area (Å²) in [6, 6.07) is 7.91. The molecule has 0 unspecified atom stereocenters. The fourth-order valence-corrected chi connectivity index (χ4v) is 1.83. The summed E-state index contributed by atoms with van der Waals surface area (Å²) in [7, 11) is 0. The van der Waals surface area contributed by atoms with Crippen LogP contribution in [0, 0.1) is 5.92 Å². The number of nitrogens with zero attached hydrogens (tertiary/aromatic N) is 2. The average molecular weight is 245 g/mol. The lowest BCUT2D eigenvalue weighted by molar-refractivity contribution is 0.209. The van der Waals surface area contributed by atoms with E-state index in [1.165, 1.54) is 0 Å². The third-order valence-corrected chi connectivity index (χ3v) is 3.05. The van der Waals surface area contributed by atoms with Crippen LogP contribution in [0.2, 0.25) is 0 Å². The number of rotatable bonds is 5. The van der Waals surface area contributed by atoms with Gasteiger partial charge in [-0.15, -0.1) is 0 Å². The van der Waals surface area contributed by atoms with Gasteiger partial charge in [0.2, 0.25) is 0 Å². The van der Waals surface area contributed by atoms with Crippen LogP contribution in [-0.2, 0) is 6.54 Å². The van der Waals surface area contributed by atoms with E-state index in [0.29, 0.717) is 12.5 Å². The third-order valence-electron chi connectivity index (χ3n) is 3.05. The van der Waals surface area contributed by atoms with Gasteiger partial charge in [0.25, 0.3) is 0 Å². The molecule has 0 aliphatic heterocycles. The molecule has 1 aromatic carbocycles. The molecule has 4 heteroatoms. The Morgan fingerprint density at radius 3 is 2.61 bits per heavy atom. The lowest BCUT2D eigenvalue weighted by Gasteiger charge is -2.19. The zero-order valence-electron chi connectivity index (χ0n) is 10.8. The molecule has 0 aliphatic rings. The first-order valence-electron chi connectivity index (χ1n) is 6.25. The Kier molecular flexibility index (Phi) is 4.23. The Bertz CT molecular complexity index is 513.